The standard InChI is InChI=1S/C31H37F3N2O2Si/c1-22(37)17-23-5-7-24(8-6-23)25-9-11-26(12-10-25)29-14-13-27(19-35-29)30-18-28(31(32,33)34)20-36(30)21-38-15-16-39(2,3)4/h5-8,11,13-14,18-20,25H,9-10,12,15-17,21H2,1-4H3. The van der Waals surface area contributed by atoms with Crippen LogP contribution in [-0.4, -0.2) is 30.0 Å². The molecule has 0 saturated carbocycles. The summed E-state index contributed by atoms with van der Waals surface area (Å²) in [5.74, 6) is 0.579. The smallest absolute Gasteiger partial charge is 0.361 e. The van der Waals surface area contributed by atoms with Crippen molar-refractivity contribution in [2.24, 2.45) is 0 Å². The lowest BCUT2D eigenvalue weighted by atomic mass is 9.83. The fraction of sp³-hybridized carbons (Fsp3) is 0.419. The van der Waals surface area contributed by atoms with Gasteiger partial charge in [-0.2, -0.15) is 13.2 Å². The molecule has 1 aliphatic rings. The van der Waals surface area contributed by atoms with Gasteiger partial charge in [0.25, 0.3) is 0 Å². The van der Waals surface area contributed by atoms with Crippen LogP contribution < -0.4 is 0 Å². The van der Waals surface area contributed by atoms with E-state index >= 15 is 0 Å². The van der Waals surface area contributed by atoms with E-state index < -0.39 is 19.8 Å². The first-order valence-corrected chi connectivity index (χ1v) is 17.2. The van der Waals surface area contributed by atoms with E-state index in [-0.39, 0.29) is 12.5 Å². The Hall–Kier alpha value is -2.97. The molecular formula is C31H37F3N2O2Si. The molecule has 1 atom stereocenters. The van der Waals surface area contributed by atoms with E-state index in [4.69, 9.17) is 4.74 Å². The Morgan fingerprint density at radius 2 is 1.87 bits per heavy atom. The Bertz CT molecular complexity index is 1300. The van der Waals surface area contributed by atoms with E-state index in [0.717, 1.165) is 48.3 Å². The zero-order valence-corrected chi connectivity index (χ0v) is 24.1. The minimum Gasteiger partial charge on any atom is -0.361 e. The minimum atomic E-state index is -4.43. The van der Waals surface area contributed by atoms with Gasteiger partial charge in [-0.3, -0.25) is 9.78 Å². The number of benzene rings is 1. The zero-order chi connectivity index (χ0) is 28.2. The maximum atomic E-state index is 13.5. The lowest BCUT2D eigenvalue weighted by Gasteiger charge is -2.22. The van der Waals surface area contributed by atoms with Gasteiger partial charge >= 0.3 is 6.18 Å². The summed E-state index contributed by atoms with van der Waals surface area (Å²) in [5.41, 5.74) is 4.71. The summed E-state index contributed by atoms with van der Waals surface area (Å²) in [6.45, 7) is 8.92. The second-order valence-electron chi connectivity index (χ2n) is 11.7. The minimum absolute atomic E-state index is 0.0694. The Balaban J connectivity index is 1.45. The predicted octanol–water partition coefficient (Wildman–Crippen LogP) is 8.36. The molecule has 1 aliphatic carbocycles. The monoisotopic (exact) mass is 554 g/mol. The summed E-state index contributed by atoms with van der Waals surface area (Å²) in [6, 6.07) is 14.2. The summed E-state index contributed by atoms with van der Waals surface area (Å²) < 4.78 is 47.7. The molecule has 0 aliphatic heterocycles. The zero-order valence-electron chi connectivity index (χ0n) is 23.1. The van der Waals surface area contributed by atoms with Gasteiger partial charge in [-0.15, -0.1) is 0 Å². The van der Waals surface area contributed by atoms with Crippen LogP contribution in [0.1, 0.15) is 54.5 Å². The van der Waals surface area contributed by atoms with E-state index in [0.29, 0.717) is 30.2 Å². The van der Waals surface area contributed by atoms with Crippen molar-refractivity contribution >= 4 is 19.4 Å². The van der Waals surface area contributed by atoms with Crippen molar-refractivity contribution in [3.8, 4) is 11.3 Å². The molecule has 0 N–H and O–H groups in total. The molecule has 0 bridgehead atoms. The number of carbonyl (C=O) groups excluding carboxylic acids is 1. The van der Waals surface area contributed by atoms with Crippen molar-refractivity contribution in [1.29, 1.82) is 0 Å². The molecule has 1 aromatic carbocycles. The topological polar surface area (TPSA) is 44.1 Å². The van der Waals surface area contributed by atoms with Crippen LogP contribution in [0.5, 0.6) is 0 Å². The van der Waals surface area contributed by atoms with Gasteiger partial charge in [-0.1, -0.05) is 50.0 Å². The largest absolute Gasteiger partial charge is 0.417 e. The molecule has 4 rings (SSSR count). The highest BCUT2D eigenvalue weighted by atomic mass is 28.3. The third-order valence-electron chi connectivity index (χ3n) is 7.15. The van der Waals surface area contributed by atoms with Crippen LogP contribution in [0.15, 0.2) is 60.9 Å². The predicted molar refractivity (Wildman–Crippen MR) is 152 cm³/mol. The molecular weight excluding hydrogens is 517 g/mol. The van der Waals surface area contributed by atoms with Crippen molar-refractivity contribution < 1.29 is 22.7 Å². The van der Waals surface area contributed by atoms with Gasteiger partial charge in [-0.05, 0) is 73.0 Å². The van der Waals surface area contributed by atoms with E-state index in [1.54, 1.807) is 13.1 Å². The van der Waals surface area contributed by atoms with Gasteiger partial charge in [0.05, 0.1) is 17.0 Å². The quantitative estimate of drug-likeness (QED) is 0.187. The highest BCUT2D eigenvalue weighted by Crippen LogP contribution is 2.37. The molecule has 3 aromatic rings. The molecule has 1 unspecified atom stereocenters. The van der Waals surface area contributed by atoms with Crippen LogP contribution in [-0.2, 0) is 28.9 Å². The van der Waals surface area contributed by atoms with Crippen LogP contribution in [0.3, 0.4) is 0 Å². The van der Waals surface area contributed by atoms with Gasteiger partial charge < -0.3 is 9.30 Å². The van der Waals surface area contributed by atoms with E-state index in [2.05, 4.69) is 42.8 Å². The van der Waals surface area contributed by atoms with Crippen molar-refractivity contribution in [2.75, 3.05) is 6.61 Å². The van der Waals surface area contributed by atoms with Crippen LogP contribution in [0, 0.1) is 0 Å². The van der Waals surface area contributed by atoms with Crippen molar-refractivity contribution in [2.45, 2.75) is 77.1 Å². The first-order chi connectivity index (χ1) is 18.4. The number of Topliss-reactive ketones (excluding diaryl/α,β-unsaturated/α-hetero) is 1. The molecule has 0 spiro atoms. The van der Waals surface area contributed by atoms with Gasteiger partial charge in [0.15, 0.2) is 0 Å². The molecule has 2 aromatic heterocycles. The third-order valence-corrected chi connectivity index (χ3v) is 8.86. The molecule has 4 nitrogen and oxygen atoms in total. The van der Waals surface area contributed by atoms with Crippen LogP contribution >= 0.6 is 0 Å². The summed E-state index contributed by atoms with van der Waals surface area (Å²) in [6.07, 6.45) is 3.80. The number of pyridine rings is 1. The average molecular weight is 555 g/mol. The Morgan fingerprint density at radius 3 is 2.44 bits per heavy atom. The van der Waals surface area contributed by atoms with E-state index in [9.17, 15) is 18.0 Å². The summed E-state index contributed by atoms with van der Waals surface area (Å²) in [7, 11) is -1.29. The molecule has 2 heterocycles. The number of hydrogen-bond donors (Lipinski definition) is 0. The van der Waals surface area contributed by atoms with Gasteiger partial charge in [0.1, 0.15) is 12.5 Å². The first-order valence-electron chi connectivity index (χ1n) is 13.5. The average Bonchev–Trinajstić information content (AvgIpc) is 3.31. The van der Waals surface area contributed by atoms with Crippen molar-refractivity contribution in [3.63, 3.8) is 0 Å². The molecule has 0 amide bonds. The fourth-order valence-corrected chi connectivity index (χ4v) is 5.61. The third kappa shape index (κ3) is 8.02. The molecule has 208 valence electrons. The van der Waals surface area contributed by atoms with Gasteiger partial charge in [-0.25, -0.2) is 0 Å². The summed E-state index contributed by atoms with van der Waals surface area (Å²) in [5, 5.41) is 0. The second-order valence-corrected chi connectivity index (χ2v) is 17.3. The second kappa shape index (κ2) is 12.0. The number of ketones is 1. The summed E-state index contributed by atoms with van der Waals surface area (Å²) in [4.78, 5) is 16.0. The number of allylic oxidation sites excluding steroid dienone is 2. The SMILES string of the molecule is CC(=O)Cc1ccc(C2CC=C(c3ccc(-c4cc(C(F)(F)F)cn4COCC[Si](C)(C)C)cn3)CC2)cc1. The van der Waals surface area contributed by atoms with E-state index in [1.807, 2.05) is 24.3 Å². The number of nitrogens with zero attached hydrogens (tertiary/aromatic N) is 2. The number of halogens is 3. The molecule has 0 radical (unpaired) electrons. The number of alkyl halides is 3. The van der Waals surface area contributed by atoms with Crippen LogP contribution in [0.2, 0.25) is 25.7 Å². The lowest BCUT2D eigenvalue weighted by molar-refractivity contribution is -0.137. The Morgan fingerprint density at radius 1 is 1.13 bits per heavy atom. The van der Waals surface area contributed by atoms with Gasteiger partial charge in [0, 0.05) is 39.1 Å². The fourth-order valence-electron chi connectivity index (χ4n) is 4.86. The number of hydrogen-bond acceptors (Lipinski definition) is 3. The number of ether oxygens (including phenoxy) is 1. The Kier molecular flexibility index (Phi) is 8.96. The first kappa shape index (κ1) is 29.0. The normalized spacial score (nSPS) is 16.3. The van der Waals surface area contributed by atoms with Crippen molar-refractivity contribution in [3.05, 3.63) is 83.3 Å². The highest BCUT2D eigenvalue weighted by molar-refractivity contribution is 6.76. The number of aromatic nitrogens is 2. The maximum absolute atomic E-state index is 13.5. The molecule has 0 saturated heterocycles. The number of carbonyl (C=O) groups is 1. The molecule has 8 heteroatoms. The highest BCUT2D eigenvalue weighted by Gasteiger charge is 2.33. The van der Waals surface area contributed by atoms with Crippen LogP contribution in [0.25, 0.3) is 16.8 Å². The van der Waals surface area contributed by atoms with Gasteiger partial charge in [0.2, 0.25) is 0 Å². The Labute approximate surface area is 229 Å². The van der Waals surface area contributed by atoms with Crippen LogP contribution in [0.4, 0.5) is 13.2 Å². The van der Waals surface area contributed by atoms with Crippen molar-refractivity contribution in [1.82, 2.24) is 9.55 Å². The number of rotatable bonds is 10. The molecule has 39 heavy (non-hydrogen) atoms. The summed E-state index contributed by atoms with van der Waals surface area (Å²) >= 11 is 0. The van der Waals surface area contributed by atoms with E-state index in [1.165, 1.54) is 16.2 Å². The lowest BCUT2D eigenvalue weighted by Crippen LogP contribution is -2.22. The molecule has 0 fully saturated rings. The maximum Gasteiger partial charge on any atom is 0.417 e.